The highest BCUT2D eigenvalue weighted by Crippen LogP contribution is 2.40. The van der Waals surface area contributed by atoms with E-state index in [9.17, 15) is 8.78 Å². The summed E-state index contributed by atoms with van der Waals surface area (Å²) in [4.78, 5) is 0. The number of fused-ring (bicyclic) bond motifs is 1. The third kappa shape index (κ3) is 2.70. The molecule has 1 N–H and O–H groups in total. The molecule has 0 atom stereocenters. The van der Waals surface area contributed by atoms with Crippen molar-refractivity contribution in [2.24, 2.45) is 0 Å². The molecule has 2 aromatic carbocycles. The minimum atomic E-state index is -0.612. The standard InChI is InChI=1S/C14H10BrF2NO2/c15-12-1-8(2-13-14(12)20-7-19-13)6-18-11-4-9(16)3-10(17)5-11/h1-5,18H,6-7H2. The summed E-state index contributed by atoms with van der Waals surface area (Å²) < 4.78 is 37.5. The predicted octanol–water partition coefficient (Wildman–Crippen LogP) is 4.07. The first-order valence-electron chi connectivity index (χ1n) is 5.90. The summed E-state index contributed by atoms with van der Waals surface area (Å²) in [5, 5.41) is 2.96. The van der Waals surface area contributed by atoms with Crippen LogP contribution < -0.4 is 14.8 Å². The van der Waals surface area contributed by atoms with E-state index in [1.54, 1.807) is 0 Å². The van der Waals surface area contributed by atoms with Gasteiger partial charge in [-0.25, -0.2) is 8.78 Å². The number of benzene rings is 2. The number of halogens is 3. The second-order valence-electron chi connectivity index (χ2n) is 4.32. The van der Waals surface area contributed by atoms with E-state index in [1.807, 2.05) is 12.1 Å². The highest BCUT2D eigenvalue weighted by molar-refractivity contribution is 9.10. The van der Waals surface area contributed by atoms with Gasteiger partial charge in [-0.05, 0) is 45.8 Å². The molecule has 0 aromatic heterocycles. The quantitative estimate of drug-likeness (QED) is 0.912. The maximum Gasteiger partial charge on any atom is 0.231 e. The summed E-state index contributed by atoms with van der Waals surface area (Å²) >= 11 is 3.39. The zero-order valence-corrected chi connectivity index (χ0v) is 11.8. The van der Waals surface area contributed by atoms with Crippen LogP contribution in [0.25, 0.3) is 0 Å². The number of ether oxygens (including phenoxy) is 2. The molecule has 0 aliphatic carbocycles. The molecular formula is C14H10BrF2NO2. The van der Waals surface area contributed by atoms with Crippen molar-refractivity contribution in [3.63, 3.8) is 0 Å². The summed E-state index contributed by atoms with van der Waals surface area (Å²) in [6, 6.07) is 7.02. The average molecular weight is 342 g/mol. The molecule has 6 heteroatoms. The lowest BCUT2D eigenvalue weighted by atomic mass is 10.2. The molecule has 1 aliphatic rings. The highest BCUT2D eigenvalue weighted by Gasteiger charge is 2.17. The SMILES string of the molecule is Fc1cc(F)cc(NCc2cc(Br)c3c(c2)OCO3)c1. The Balaban J connectivity index is 1.77. The van der Waals surface area contributed by atoms with Gasteiger partial charge in [0.05, 0.1) is 4.47 Å². The molecule has 0 fully saturated rings. The van der Waals surface area contributed by atoms with Crippen LogP contribution in [-0.2, 0) is 6.54 Å². The number of nitrogens with one attached hydrogen (secondary N) is 1. The smallest absolute Gasteiger partial charge is 0.231 e. The van der Waals surface area contributed by atoms with Gasteiger partial charge in [0.15, 0.2) is 11.5 Å². The van der Waals surface area contributed by atoms with E-state index in [4.69, 9.17) is 9.47 Å². The third-order valence-electron chi connectivity index (χ3n) is 2.85. The van der Waals surface area contributed by atoms with Gasteiger partial charge >= 0.3 is 0 Å². The fourth-order valence-electron chi connectivity index (χ4n) is 1.98. The average Bonchev–Trinajstić information content (AvgIpc) is 2.84. The molecule has 0 bridgehead atoms. The first kappa shape index (κ1) is 13.2. The first-order valence-corrected chi connectivity index (χ1v) is 6.69. The molecule has 0 spiro atoms. The van der Waals surface area contributed by atoms with E-state index >= 15 is 0 Å². The van der Waals surface area contributed by atoms with Gasteiger partial charge in [0.25, 0.3) is 0 Å². The molecule has 3 rings (SSSR count). The van der Waals surface area contributed by atoms with Crippen molar-refractivity contribution in [3.8, 4) is 11.5 Å². The number of hydrogen-bond acceptors (Lipinski definition) is 3. The second kappa shape index (κ2) is 5.28. The summed E-state index contributed by atoms with van der Waals surface area (Å²) in [5.41, 5.74) is 1.29. The maximum atomic E-state index is 13.1. The summed E-state index contributed by atoms with van der Waals surface area (Å²) in [7, 11) is 0. The second-order valence-corrected chi connectivity index (χ2v) is 5.18. The number of rotatable bonds is 3. The molecule has 20 heavy (non-hydrogen) atoms. The fraction of sp³-hybridized carbons (Fsp3) is 0.143. The molecule has 104 valence electrons. The van der Waals surface area contributed by atoms with Crippen molar-refractivity contribution in [1.82, 2.24) is 0 Å². The van der Waals surface area contributed by atoms with Crippen LogP contribution in [0.1, 0.15) is 5.56 Å². The van der Waals surface area contributed by atoms with Crippen molar-refractivity contribution in [2.45, 2.75) is 6.54 Å². The van der Waals surface area contributed by atoms with Gasteiger partial charge in [0.1, 0.15) is 11.6 Å². The third-order valence-corrected chi connectivity index (χ3v) is 3.44. The molecule has 0 amide bonds. The highest BCUT2D eigenvalue weighted by atomic mass is 79.9. The molecular weight excluding hydrogens is 332 g/mol. The number of hydrogen-bond donors (Lipinski definition) is 1. The monoisotopic (exact) mass is 341 g/mol. The molecule has 1 heterocycles. The Bertz CT molecular complexity index is 644. The Kier molecular flexibility index (Phi) is 3.48. The summed E-state index contributed by atoms with van der Waals surface area (Å²) in [5.74, 6) is 0.103. The minimum absolute atomic E-state index is 0.194. The Morgan fingerprint density at radius 1 is 1.05 bits per heavy atom. The van der Waals surface area contributed by atoms with Gasteiger partial charge in [0.2, 0.25) is 6.79 Å². The molecule has 0 radical (unpaired) electrons. The van der Waals surface area contributed by atoms with Gasteiger partial charge in [-0.1, -0.05) is 0 Å². The zero-order chi connectivity index (χ0) is 14.1. The minimum Gasteiger partial charge on any atom is -0.454 e. The van der Waals surface area contributed by atoms with E-state index < -0.39 is 11.6 Å². The Morgan fingerprint density at radius 2 is 1.80 bits per heavy atom. The van der Waals surface area contributed by atoms with Crippen LogP contribution in [0, 0.1) is 11.6 Å². The first-order chi connectivity index (χ1) is 9.61. The van der Waals surface area contributed by atoms with Crippen molar-refractivity contribution in [3.05, 3.63) is 52.0 Å². The Morgan fingerprint density at radius 3 is 2.55 bits per heavy atom. The molecule has 2 aromatic rings. The van der Waals surface area contributed by atoms with Crippen molar-refractivity contribution >= 4 is 21.6 Å². The van der Waals surface area contributed by atoms with E-state index in [1.165, 1.54) is 12.1 Å². The van der Waals surface area contributed by atoms with Crippen LogP contribution in [0.5, 0.6) is 11.5 Å². The van der Waals surface area contributed by atoms with Gasteiger partial charge < -0.3 is 14.8 Å². The molecule has 0 saturated carbocycles. The topological polar surface area (TPSA) is 30.5 Å². The molecule has 0 saturated heterocycles. The normalized spacial score (nSPS) is 12.6. The van der Waals surface area contributed by atoms with E-state index in [0.29, 0.717) is 23.7 Å². The maximum absolute atomic E-state index is 13.1. The van der Waals surface area contributed by atoms with Crippen LogP contribution >= 0.6 is 15.9 Å². The molecule has 0 unspecified atom stereocenters. The van der Waals surface area contributed by atoms with Gasteiger partial charge in [0, 0.05) is 18.3 Å². The van der Waals surface area contributed by atoms with Crippen LogP contribution in [0.4, 0.5) is 14.5 Å². The van der Waals surface area contributed by atoms with Crippen molar-refractivity contribution in [2.75, 3.05) is 12.1 Å². The largest absolute Gasteiger partial charge is 0.454 e. The Labute approximate surface area is 122 Å². The van der Waals surface area contributed by atoms with Crippen LogP contribution in [0.3, 0.4) is 0 Å². The van der Waals surface area contributed by atoms with Crippen molar-refractivity contribution < 1.29 is 18.3 Å². The van der Waals surface area contributed by atoms with Crippen LogP contribution in [-0.4, -0.2) is 6.79 Å². The lowest BCUT2D eigenvalue weighted by molar-refractivity contribution is 0.173. The van der Waals surface area contributed by atoms with E-state index in [-0.39, 0.29) is 6.79 Å². The van der Waals surface area contributed by atoms with Gasteiger partial charge in [-0.2, -0.15) is 0 Å². The van der Waals surface area contributed by atoms with Crippen molar-refractivity contribution in [1.29, 1.82) is 0 Å². The molecule has 3 nitrogen and oxygen atoms in total. The van der Waals surface area contributed by atoms with Gasteiger partial charge in [-0.15, -0.1) is 0 Å². The Hall–Kier alpha value is -1.82. The van der Waals surface area contributed by atoms with E-state index in [2.05, 4.69) is 21.2 Å². The van der Waals surface area contributed by atoms with Crippen LogP contribution in [0.15, 0.2) is 34.8 Å². The molecule has 1 aliphatic heterocycles. The van der Waals surface area contributed by atoms with E-state index in [0.717, 1.165) is 16.1 Å². The lowest BCUT2D eigenvalue weighted by Gasteiger charge is -2.09. The lowest BCUT2D eigenvalue weighted by Crippen LogP contribution is -2.00. The zero-order valence-electron chi connectivity index (χ0n) is 10.3. The predicted molar refractivity (Wildman–Crippen MR) is 73.9 cm³/mol. The number of anilines is 1. The van der Waals surface area contributed by atoms with Crippen LogP contribution in [0.2, 0.25) is 0 Å². The fourth-order valence-corrected chi connectivity index (χ4v) is 2.59. The summed E-state index contributed by atoms with van der Waals surface area (Å²) in [6.07, 6.45) is 0. The summed E-state index contributed by atoms with van der Waals surface area (Å²) in [6.45, 7) is 0.609. The van der Waals surface area contributed by atoms with Gasteiger partial charge in [-0.3, -0.25) is 0 Å².